The first-order valence-electron chi connectivity index (χ1n) is 9.88. The Hall–Kier alpha value is -4.33. The molecule has 3 aromatic rings. The maximum atomic E-state index is 13.0. The third kappa shape index (κ3) is 3.74. The number of nitro groups is 1. The van der Waals surface area contributed by atoms with E-state index in [0.29, 0.717) is 11.3 Å². The van der Waals surface area contributed by atoms with Crippen molar-refractivity contribution in [2.24, 2.45) is 0 Å². The minimum atomic E-state index is -0.493. The molecule has 8 nitrogen and oxygen atoms in total. The normalized spacial score (nSPS) is 12.6. The zero-order valence-electron chi connectivity index (χ0n) is 17.4. The topological polar surface area (TPSA) is 110 Å². The van der Waals surface area contributed by atoms with Gasteiger partial charge in [0.15, 0.2) is 0 Å². The van der Waals surface area contributed by atoms with Crippen LogP contribution < -0.4 is 10.2 Å². The molecule has 0 aliphatic carbocycles. The number of imide groups is 1. The fourth-order valence-electron chi connectivity index (χ4n) is 3.58. The van der Waals surface area contributed by atoms with Gasteiger partial charge in [-0.3, -0.25) is 24.5 Å². The van der Waals surface area contributed by atoms with Crippen LogP contribution in [-0.4, -0.2) is 22.6 Å². The number of amides is 3. The Morgan fingerprint density at radius 2 is 1.62 bits per heavy atom. The fraction of sp³-hybridized carbons (Fsp3) is 0.125. The number of anilines is 1. The molecule has 0 fully saturated rings. The highest BCUT2D eigenvalue weighted by atomic mass is 16.6. The molecule has 0 radical (unpaired) electrons. The standard InChI is InChI=1S/C24H19N3O5/c1-14-3-4-15(2)21(11-14)26-23(29)19-10-7-17(12-20(19)24(26)30)22(28)25-13-16-5-8-18(9-6-16)27(31)32/h3-12H,13H2,1-2H3,(H,25,28). The van der Waals surface area contributed by atoms with E-state index >= 15 is 0 Å². The van der Waals surface area contributed by atoms with E-state index in [4.69, 9.17) is 0 Å². The van der Waals surface area contributed by atoms with Gasteiger partial charge in [-0.2, -0.15) is 0 Å². The molecule has 1 heterocycles. The summed E-state index contributed by atoms with van der Waals surface area (Å²) in [5.41, 5.74) is 3.59. The van der Waals surface area contributed by atoms with Crippen LogP contribution in [0.3, 0.4) is 0 Å². The predicted molar refractivity (Wildman–Crippen MR) is 118 cm³/mol. The van der Waals surface area contributed by atoms with Gasteiger partial charge < -0.3 is 5.32 Å². The van der Waals surface area contributed by atoms with Gasteiger partial charge in [-0.05, 0) is 54.8 Å². The first-order valence-corrected chi connectivity index (χ1v) is 9.88. The van der Waals surface area contributed by atoms with Gasteiger partial charge in [-0.15, -0.1) is 0 Å². The number of hydrogen-bond donors (Lipinski definition) is 1. The summed E-state index contributed by atoms with van der Waals surface area (Å²) in [7, 11) is 0. The molecule has 3 aromatic carbocycles. The Morgan fingerprint density at radius 3 is 2.31 bits per heavy atom. The monoisotopic (exact) mass is 429 g/mol. The predicted octanol–water partition coefficient (Wildman–Crippen LogP) is 3.94. The Morgan fingerprint density at radius 1 is 0.938 bits per heavy atom. The number of non-ortho nitro benzene ring substituents is 1. The molecule has 1 aliphatic rings. The highest BCUT2D eigenvalue weighted by Gasteiger charge is 2.37. The molecule has 0 bridgehead atoms. The van der Waals surface area contributed by atoms with Gasteiger partial charge in [0.25, 0.3) is 23.4 Å². The van der Waals surface area contributed by atoms with Crippen molar-refractivity contribution in [3.05, 3.63) is 104 Å². The molecule has 32 heavy (non-hydrogen) atoms. The van der Waals surface area contributed by atoms with Gasteiger partial charge in [0.1, 0.15) is 0 Å². The van der Waals surface area contributed by atoms with E-state index in [1.54, 1.807) is 18.2 Å². The zero-order valence-corrected chi connectivity index (χ0v) is 17.4. The van der Waals surface area contributed by atoms with Crippen molar-refractivity contribution in [2.75, 3.05) is 4.90 Å². The lowest BCUT2D eigenvalue weighted by molar-refractivity contribution is -0.384. The van der Waals surface area contributed by atoms with Crippen molar-refractivity contribution in [2.45, 2.75) is 20.4 Å². The van der Waals surface area contributed by atoms with Crippen molar-refractivity contribution in [1.82, 2.24) is 5.32 Å². The third-order valence-electron chi connectivity index (χ3n) is 5.35. The van der Waals surface area contributed by atoms with E-state index in [2.05, 4.69) is 5.32 Å². The molecule has 0 spiro atoms. The van der Waals surface area contributed by atoms with Crippen LogP contribution in [0.4, 0.5) is 11.4 Å². The van der Waals surface area contributed by atoms with Gasteiger partial charge in [-0.1, -0.05) is 24.3 Å². The van der Waals surface area contributed by atoms with E-state index in [-0.39, 0.29) is 28.9 Å². The summed E-state index contributed by atoms with van der Waals surface area (Å²) in [4.78, 5) is 49.9. The molecule has 3 amide bonds. The van der Waals surface area contributed by atoms with Crippen molar-refractivity contribution in [1.29, 1.82) is 0 Å². The highest BCUT2D eigenvalue weighted by molar-refractivity contribution is 6.35. The number of nitrogens with one attached hydrogen (secondary N) is 1. The highest BCUT2D eigenvalue weighted by Crippen LogP contribution is 2.31. The van der Waals surface area contributed by atoms with Crippen LogP contribution in [0.15, 0.2) is 60.7 Å². The number of carbonyl (C=O) groups excluding carboxylic acids is 3. The molecule has 0 aromatic heterocycles. The van der Waals surface area contributed by atoms with Gasteiger partial charge in [0.05, 0.1) is 21.7 Å². The quantitative estimate of drug-likeness (QED) is 0.375. The maximum Gasteiger partial charge on any atom is 0.269 e. The average Bonchev–Trinajstić information content (AvgIpc) is 3.03. The first kappa shape index (κ1) is 20.9. The second-order valence-electron chi connectivity index (χ2n) is 7.60. The number of carbonyl (C=O) groups is 3. The molecule has 8 heteroatoms. The van der Waals surface area contributed by atoms with E-state index in [9.17, 15) is 24.5 Å². The maximum absolute atomic E-state index is 13.0. The van der Waals surface area contributed by atoms with Crippen LogP contribution in [0.5, 0.6) is 0 Å². The van der Waals surface area contributed by atoms with Crippen LogP contribution >= 0.6 is 0 Å². The van der Waals surface area contributed by atoms with Crippen LogP contribution in [0.25, 0.3) is 0 Å². The van der Waals surface area contributed by atoms with Crippen LogP contribution in [0.2, 0.25) is 0 Å². The van der Waals surface area contributed by atoms with Crippen molar-refractivity contribution < 1.29 is 19.3 Å². The van der Waals surface area contributed by atoms with Crippen molar-refractivity contribution in [3.8, 4) is 0 Å². The Labute approximate surface area is 183 Å². The lowest BCUT2D eigenvalue weighted by atomic mass is 10.1. The van der Waals surface area contributed by atoms with Gasteiger partial charge in [0.2, 0.25) is 0 Å². The van der Waals surface area contributed by atoms with Gasteiger partial charge in [-0.25, -0.2) is 4.90 Å². The molecule has 1 aliphatic heterocycles. The third-order valence-corrected chi connectivity index (χ3v) is 5.35. The lowest BCUT2D eigenvalue weighted by Crippen LogP contribution is -2.30. The number of fused-ring (bicyclic) bond motifs is 1. The van der Waals surface area contributed by atoms with Crippen molar-refractivity contribution in [3.63, 3.8) is 0 Å². The smallest absolute Gasteiger partial charge is 0.269 e. The molecule has 0 saturated heterocycles. The molecule has 0 unspecified atom stereocenters. The molecule has 0 saturated carbocycles. The summed E-state index contributed by atoms with van der Waals surface area (Å²) in [5.74, 6) is -1.31. The van der Waals surface area contributed by atoms with Crippen LogP contribution in [0.1, 0.15) is 47.8 Å². The zero-order chi connectivity index (χ0) is 23.0. The molecule has 1 N–H and O–H groups in total. The Balaban J connectivity index is 1.53. The minimum absolute atomic E-state index is 0.0321. The second-order valence-corrected chi connectivity index (χ2v) is 7.60. The summed E-state index contributed by atoms with van der Waals surface area (Å²) in [6.07, 6.45) is 0. The van der Waals surface area contributed by atoms with Gasteiger partial charge >= 0.3 is 0 Å². The number of aryl methyl sites for hydroxylation is 2. The van der Waals surface area contributed by atoms with Crippen LogP contribution in [-0.2, 0) is 6.54 Å². The number of nitrogens with zero attached hydrogens (tertiary/aromatic N) is 2. The van der Waals surface area contributed by atoms with E-state index in [0.717, 1.165) is 16.0 Å². The molecule has 4 rings (SSSR count). The summed E-state index contributed by atoms with van der Waals surface area (Å²) in [6.45, 7) is 3.87. The molecule has 160 valence electrons. The van der Waals surface area contributed by atoms with E-state index in [1.165, 1.54) is 30.3 Å². The van der Waals surface area contributed by atoms with E-state index < -0.39 is 22.6 Å². The number of benzene rings is 3. The average molecular weight is 429 g/mol. The first-order chi connectivity index (χ1) is 15.3. The summed E-state index contributed by atoms with van der Waals surface area (Å²) in [5, 5.41) is 13.5. The fourth-order valence-corrected chi connectivity index (χ4v) is 3.58. The number of rotatable bonds is 5. The second kappa shape index (κ2) is 8.07. The molecular formula is C24H19N3O5. The summed E-state index contributed by atoms with van der Waals surface area (Å²) in [6, 6.07) is 15.8. The minimum Gasteiger partial charge on any atom is -0.348 e. The summed E-state index contributed by atoms with van der Waals surface area (Å²) < 4.78 is 0. The van der Waals surface area contributed by atoms with Crippen LogP contribution in [0, 0.1) is 24.0 Å². The Bertz CT molecular complexity index is 1280. The molecule has 0 atom stereocenters. The van der Waals surface area contributed by atoms with Crippen molar-refractivity contribution >= 4 is 29.1 Å². The Kier molecular flexibility index (Phi) is 5.28. The SMILES string of the molecule is Cc1ccc(C)c(N2C(=O)c3ccc(C(=O)NCc4ccc([N+](=O)[O-])cc4)cc3C2=O)c1. The lowest BCUT2D eigenvalue weighted by Gasteiger charge is -2.17. The van der Waals surface area contributed by atoms with Gasteiger partial charge in [0, 0.05) is 24.2 Å². The largest absolute Gasteiger partial charge is 0.348 e. The number of nitro benzene ring substituents is 1. The number of hydrogen-bond acceptors (Lipinski definition) is 5. The molecular weight excluding hydrogens is 410 g/mol. The summed E-state index contributed by atoms with van der Waals surface area (Å²) >= 11 is 0. The van der Waals surface area contributed by atoms with E-state index in [1.807, 2.05) is 26.0 Å².